The summed E-state index contributed by atoms with van der Waals surface area (Å²) < 4.78 is 81.3. The first kappa shape index (κ1) is 23.0. The number of nitrogens with one attached hydrogen (secondary N) is 1. The van der Waals surface area contributed by atoms with Crippen LogP contribution in [0.5, 0.6) is 0 Å². The molecule has 1 aromatic heterocycles. The zero-order valence-corrected chi connectivity index (χ0v) is 17.1. The Hall–Kier alpha value is -2.68. The Morgan fingerprint density at radius 3 is 2.06 bits per heavy atom. The van der Waals surface area contributed by atoms with Gasteiger partial charge < -0.3 is 15.6 Å². The molecule has 9 heteroatoms. The number of nitrogens with two attached hydrogens (primary N) is 1. The number of halogens is 6. The van der Waals surface area contributed by atoms with Gasteiger partial charge in [-0.3, -0.25) is 0 Å². The van der Waals surface area contributed by atoms with E-state index in [2.05, 4.69) is 4.98 Å². The molecule has 2 aromatic carbocycles. The van der Waals surface area contributed by atoms with Crippen molar-refractivity contribution in [3.8, 4) is 11.3 Å². The molecule has 0 saturated heterocycles. The molecule has 3 rings (SSSR count). The fourth-order valence-corrected chi connectivity index (χ4v) is 3.66. The van der Waals surface area contributed by atoms with Gasteiger partial charge in [0.2, 0.25) is 0 Å². The average molecular weight is 443 g/mol. The van der Waals surface area contributed by atoms with Gasteiger partial charge in [0.15, 0.2) is 0 Å². The van der Waals surface area contributed by atoms with Gasteiger partial charge >= 0.3 is 12.4 Å². The molecule has 1 heterocycles. The van der Waals surface area contributed by atoms with Crippen LogP contribution in [0.4, 0.5) is 32.0 Å². The molecule has 0 atom stereocenters. The van der Waals surface area contributed by atoms with Gasteiger partial charge in [0.1, 0.15) is 0 Å². The molecule has 0 spiro atoms. The standard InChI is InChI=1S/C22H23F6N3/c1-31(2)15-8-6-13(7-9-15)20-16(5-3-4-10-29)19-17(22(26,27)28)11-14(21(23,24)25)12-18(19)30-20/h6-9,11-12,30H,3-5,10,29H2,1-2H3. The Bertz CT molecular complexity index is 1050. The Kier molecular flexibility index (Phi) is 6.27. The third-order valence-electron chi connectivity index (χ3n) is 5.19. The quantitative estimate of drug-likeness (QED) is 0.351. The summed E-state index contributed by atoms with van der Waals surface area (Å²) in [6.45, 7) is 0.375. The lowest BCUT2D eigenvalue weighted by molar-refractivity contribution is -0.142. The highest BCUT2D eigenvalue weighted by molar-refractivity contribution is 5.94. The van der Waals surface area contributed by atoms with E-state index < -0.39 is 23.5 Å². The van der Waals surface area contributed by atoms with Gasteiger partial charge in [0.05, 0.1) is 11.1 Å². The van der Waals surface area contributed by atoms with E-state index in [9.17, 15) is 26.3 Å². The molecule has 3 nitrogen and oxygen atoms in total. The number of unbranched alkanes of at least 4 members (excludes halogenated alkanes) is 1. The summed E-state index contributed by atoms with van der Waals surface area (Å²) in [5, 5.41) is -0.218. The zero-order valence-electron chi connectivity index (χ0n) is 17.1. The third-order valence-corrected chi connectivity index (χ3v) is 5.19. The molecule has 0 fully saturated rings. The van der Waals surface area contributed by atoms with Crippen LogP contribution >= 0.6 is 0 Å². The maximum absolute atomic E-state index is 13.8. The van der Waals surface area contributed by atoms with Crippen LogP contribution in [0.25, 0.3) is 22.2 Å². The fraction of sp³-hybridized carbons (Fsp3) is 0.364. The first-order chi connectivity index (χ1) is 14.4. The van der Waals surface area contributed by atoms with Crippen LogP contribution in [-0.4, -0.2) is 25.6 Å². The molecule has 0 aliphatic carbocycles. The van der Waals surface area contributed by atoms with E-state index in [0.717, 1.165) is 11.8 Å². The molecular formula is C22H23F6N3. The first-order valence-corrected chi connectivity index (χ1v) is 9.74. The van der Waals surface area contributed by atoms with Gasteiger partial charge in [-0.05, 0) is 61.2 Å². The normalized spacial score (nSPS) is 12.5. The van der Waals surface area contributed by atoms with Gasteiger partial charge in [-0.25, -0.2) is 0 Å². The second-order valence-electron chi connectivity index (χ2n) is 7.61. The summed E-state index contributed by atoms with van der Waals surface area (Å²) in [5.41, 5.74) is 4.95. The Morgan fingerprint density at radius 2 is 1.55 bits per heavy atom. The molecule has 0 aliphatic rings. The van der Waals surface area contributed by atoms with Crippen LogP contribution in [-0.2, 0) is 18.8 Å². The maximum Gasteiger partial charge on any atom is 0.417 e. The van der Waals surface area contributed by atoms with E-state index in [1.165, 1.54) is 0 Å². The Morgan fingerprint density at radius 1 is 0.903 bits per heavy atom. The van der Waals surface area contributed by atoms with E-state index in [0.29, 0.717) is 36.2 Å². The molecule has 168 valence electrons. The van der Waals surface area contributed by atoms with E-state index >= 15 is 0 Å². The third kappa shape index (κ3) is 4.81. The van der Waals surface area contributed by atoms with Crippen LogP contribution in [0.1, 0.15) is 29.5 Å². The number of benzene rings is 2. The maximum atomic E-state index is 13.8. The minimum atomic E-state index is -4.93. The zero-order chi connectivity index (χ0) is 23.0. The van der Waals surface area contributed by atoms with Crippen LogP contribution in [0.3, 0.4) is 0 Å². The molecule has 0 unspecified atom stereocenters. The van der Waals surface area contributed by atoms with Crippen LogP contribution < -0.4 is 10.6 Å². The highest BCUT2D eigenvalue weighted by Crippen LogP contribution is 2.44. The monoisotopic (exact) mass is 443 g/mol. The van der Waals surface area contributed by atoms with Gasteiger partial charge in [0.25, 0.3) is 0 Å². The van der Waals surface area contributed by atoms with Crippen LogP contribution in [0.15, 0.2) is 36.4 Å². The number of hydrogen-bond donors (Lipinski definition) is 2. The summed E-state index contributed by atoms with van der Waals surface area (Å²) >= 11 is 0. The smallest absolute Gasteiger partial charge is 0.378 e. The topological polar surface area (TPSA) is 45.0 Å². The van der Waals surface area contributed by atoms with E-state index in [4.69, 9.17) is 5.73 Å². The highest BCUT2D eigenvalue weighted by Gasteiger charge is 2.39. The van der Waals surface area contributed by atoms with E-state index in [1.807, 2.05) is 19.0 Å². The predicted molar refractivity (Wildman–Crippen MR) is 110 cm³/mol. The van der Waals surface area contributed by atoms with Crippen molar-refractivity contribution < 1.29 is 26.3 Å². The summed E-state index contributed by atoms with van der Waals surface area (Å²) in [6.07, 6.45) is -8.46. The van der Waals surface area contributed by atoms with E-state index in [1.54, 1.807) is 24.3 Å². The lowest BCUT2D eigenvalue weighted by Crippen LogP contribution is -2.11. The number of aryl methyl sites for hydroxylation is 1. The molecule has 0 amide bonds. The SMILES string of the molecule is CN(C)c1ccc(-c2[nH]c3cc(C(F)(F)F)cc(C(F)(F)F)c3c2CCCCN)cc1. The van der Waals surface area contributed by atoms with Gasteiger partial charge in [-0.1, -0.05) is 12.1 Å². The number of aromatic amines is 1. The van der Waals surface area contributed by atoms with E-state index in [-0.39, 0.29) is 23.4 Å². The average Bonchev–Trinajstić information content (AvgIpc) is 3.04. The molecule has 0 bridgehead atoms. The number of fused-ring (bicyclic) bond motifs is 1. The number of alkyl halides is 6. The minimum absolute atomic E-state index is 0.184. The Labute approximate surface area is 175 Å². The van der Waals surface area contributed by atoms with Crippen molar-refractivity contribution in [2.45, 2.75) is 31.6 Å². The molecule has 0 radical (unpaired) electrons. The molecule has 0 aliphatic heterocycles. The van der Waals surface area contributed by atoms with Crippen molar-refractivity contribution in [3.05, 3.63) is 53.1 Å². The van der Waals surface area contributed by atoms with Crippen molar-refractivity contribution in [2.75, 3.05) is 25.5 Å². The van der Waals surface area contributed by atoms with Crippen molar-refractivity contribution in [1.29, 1.82) is 0 Å². The highest BCUT2D eigenvalue weighted by atomic mass is 19.4. The van der Waals surface area contributed by atoms with Crippen molar-refractivity contribution in [1.82, 2.24) is 4.98 Å². The number of rotatable bonds is 6. The molecule has 31 heavy (non-hydrogen) atoms. The summed E-state index contributed by atoms with van der Waals surface area (Å²) in [7, 11) is 3.70. The molecule has 3 N–H and O–H groups in total. The second kappa shape index (κ2) is 8.45. The summed E-state index contributed by atoms with van der Waals surface area (Å²) in [4.78, 5) is 4.71. The number of H-pyrrole nitrogens is 1. The number of hydrogen-bond acceptors (Lipinski definition) is 2. The van der Waals surface area contributed by atoms with Crippen molar-refractivity contribution in [2.24, 2.45) is 5.73 Å². The lowest BCUT2D eigenvalue weighted by atomic mass is 9.96. The Balaban J connectivity index is 2.29. The second-order valence-corrected chi connectivity index (χ2v) is 7.61. The fourth-order valence-electron chi connectivity index (χ4n) is 3.66. The first-order valence-electron chi connectivity index (χ1n) is 9.74. The molecule has 3 aromatic rings. The minimum Gasteiger partial charge on any atom is -0.378 e. The molecular weight excluding hydrogens is 420 g/mol. The largest absolute Gasteiger partial charge is 0.417 e. The number of anilines is 1. The summed E-state index contributed by atoms with van der Waals surface area (Å²) in [6, 6.07) is 8.03. The van der Waals surface area contributed by atoms with Crippen LogP contribution in [0, 0.1) is 0 Å². The lowest BCUT2D eigenvalue weighted by Gasteiger charge is -2.15. The summed E-state index contributed by atoms with van der Waals surface area (Å²) in [5.74, 6) is 0. The van der Waals surface area contributed by atoms with Gasteiger partial charge in [-0.15, -0.1) is 0 Å². The van der Waals surface area contributed by atoms with Crippen molar-refractivity contribution in [3.63, 3.8) is 0 Å². The van der Waals surface area contributed by atoms with Crippen molar-refractivity contribution >= 4 is 16.6 Å². The predicted octanol–water partition coefficient (Wildman–Crippen LogP) is 6.22. The van der Waals surface area contributed by atoms with Crippen LogP contribution in [0.2, 0.25) is 0 Å². The van der Waals surface area contributed by atoms with Gasteiger partial charge in [0, 0.05) is 36.4 Å². The molecule has 0 saturated carbocycles. The number of nitrogens with zero attached hydrogens (tertiary/aromatic N) is 1. The number of aromatic nitrogens is 1. The van der Waals surface area contributed by atoms with Gasteiger partial charge in [-0.2, -0.15) is 26.3 Å².